The van der Waals surface area contributed by atoms with Crippen LogP contribution in [0.2, 0.25) is 0 Å². The van der Waals surface area contributed by atoms with E-state index in [1.54, 1.807) is 6.07 Å². The summed E-state index contributed by atoms with van der Waals surface area (Å²) in [6.07, 6.45) is 1.82. The molecule has 0 bridgehead atoms. The fourth-order valence-electron chi connectivity index (χ4n) is 2.94. The fourth-order valence-corrected chi connectivity index (χ4v) is 2.94. The van der Waals surface area contributed by atoms with Gasteiger partial charge in [0, 0.05) is 44.0 Å². The van der Waals surface area contributed by atoms with Crippen LogP contribution in [0.4, 0.5) is 11.6 Å². The smallest absolute Gasteiger partial charge is 0.270 e. The first-order valence-electron chi connectivity index (χ1n) is 8.91. The van der Waals surface area contributed by atoms with Gasteiger partial charge >= 0.3 is 0 Å². The van der Waals surface area contributed by atoms with Gasteiger partial charge in [0.2, 0.25) is 0 Å². The zero-order valence-corrected chi connectivity index (χ0v) is 15.9. The van der Waals surface area contributed by atoms with E-state index in [9.17, 15) is 4.79 Å². The van der Waals surface area contributed by atoms with Gasteiger partial charge in [-0.2, -0.15) is 0 Å². The first kappa shape index (κ1) is 18.1. The van der Waals surface area contributed by atoms with E-state index < -0.39 is 0 Å². The normalized spacial score (nSPS) is 15.1. The molecule has 1 amide bonds. The van der Waals surface area contributed by atoms with Crippen LogP contribution < -0.4 is 15.1 Å². The number of hydrogen-bond acceptors (Lipinski definition) is 6. The molecule has 0 aromatic carbocycles. The molecule has 7 nitrogen and oxygen atoms in total. The van der Waals surface area contributed by atoms with E-state index in [1.807, 2.05) is 52.1 Å². The molecule has 1 fully saturated rings. The lowest BCUT2D eigenvalue weighted by atomic mass is 10.1. The minimum absolute atomic E-state index is 0.170. The van der Waals surface area contributed by atoms with E-state index in [-0.39, 0.29) is 11.4 Å². The van der Waals surface area contributed by atoms with Crippen LogP contribution >= 0.6 is 0 Å². The maximum Gasteiger partial charge on any atom is 0.270 e. The first-order valence-corrected chi connectivity index (χ1v) is 8.91. The molecule has 1 saturated heterocycles. The number of hydrogen-bond donors (Lipinski definition) is 1. The van der Waals surface area contributed by atoms with Crippen LogP contribution in [-0.4, -0.2) is 52.6 Å². The molecule has 138 valence electrons. The molecule has 1 aliphatic rings. The van der Waals surface area contributed by atoms with Gasteiger partial charge in [-0.3, -0.25) is 4.79 Å². The average molecular weight is 354 g/mol. The number of nitrogens with zero attached hydrogens (tertiary/aromatic N) is 5. The highest BCUT2D eigenvalue weighted by atomic mass is 16.2. The molecule has 0 atom stereocenters. The molecule has 1 N–H and O–H groups in total. The Balaban J connectivity index is 1.71. The van der Waals surface area contributed by atoms with Crippen molar-refractivity contribution in [2.24, 2.45) is 0 Å². The summed E-state index contributed by atoms with van der Waals surface area (Å²) in [6, 6.07) is 7.74. The summed E-state index contributed by atoms with van der Waals surface area (Å²) < 4.78 is 0. The van der Waals surface area contributed by atoms with Gasteiger partial charge in [-0.15, -0.1) is 0 Å². The number of aromatic nitrogens is 3. The Hall–Kier alpha value is -2.70. The second-order valence-corrected chi connectivity index (χ2v) is 7.52. The highest BCUT2D eigenvalue weighted by Gasteiger charge is 2.22. The summed E-state index contributed by atoms with van der Waals surface area (Å²) in [6.45, 7) is 11.1. The monoisotopic (exact) mass is 354 g/mol. The minimum atomic E-state index is -0.301. The van der Waals surface area contributed by atoms with Crippen LogP contribution in [0.5, 0.6) is 0 Å². The summed E-state index contributed by atoms with van der Waals surface area (Å²) in [5.74, 6) is 2.23. The number of anilines is 2. The SMILES string of the molecule is Cc1nc(C(=O)NC(C)(C)C)cc(N2CCN(c3ccccn3)CC2)n1. The lowest BCUT2D eigenvalue weighted by Gasteiger charge is -2.36. The molecule has 0 spiro atoms. The Morgan fingerprint density at radius 3 is 2.27 bits per heavy atom. The largest absolute Gasteiger partial charge is 0.353 e. The van der Waals surface area contributed by atoms with Gasteiger partial charge < -0.3 is 15.1 Å². The Morgan fingerprint density at radius 1 is 1.04 bits per heavy atom. The van der Waals surface area contributed by atoms with E-state index in [4.69, 9.17) is 0 Å². The molecule has 26 heavy (non-hydrogen) atoms. The first-order chi connectivity index (χ1) is 12.3. The molecule has 3 heterocycles. The molecule has 0 saturated carbocycles. The number of carbonyl (C=O) groups excluding carboxylic acids is 1. The summed E-state index contributed by atoms with van der Waals surface area (Å²) in [5, 5.41) is 2.96. The number of pyridine rings is 1. The van der Waals surface area contributed by atoms with Crippen LogP contribution in [0, 0.1) is 6.92 Å². The van der Waals surface area contributed by atoms with Gasteiger partial charge in [0.25, 0.3) is 5.91 Å². The van der Waals surface area contributed by atoms with Crippen molar-refractivity contribution in [1.29, 1.82) is 0 Å². The molecule has 2 aromatic rings. The zero-order valence-electron chi connectivity index (χ0n) is 15.9. The van der Waals surface area contributed by atoms with Crippen LogP contribution in [0.15, 0.2) is 30.5 Å². The second-order valence-electron chi connectivity index (χ2n) is 7.52. The number of aryl methyl sites for hydroxylation is 1. The molecule has 7 heteroatoms. The third kappa shape index (κ3) is 4.47. The van der Waals surface area contributed by atoms with Crippen molar-refractivity contribution in [3.63, 3.8) is 0 Å². The summed E-state index contributed by atoms with van der Waals surface area (Å²) in [4.78, 5) is 30.2. The Morgan fingerprint density at radius 2 is 1.69 bits per heavy atom. The number of amides is 1. The van der Waals surface area contributed by atoms with E-state index >= 15 is 0 Å². The number of piperazine rings is 1. The molecule has 3 rings (SSSR count). The quantitative estimate of drug-likeness (QED) is 0.909. The number of carbonyl (C=O) groups is 1. The lowest BCUT2D eigenvalue weighted by Crippen LogP contribution is -2.47. The van der Waals surface area contributed by atoms with Crippen molar-refractivity contribution in [3.8, 4) is 0 Å². The molecule has 1 aliphatic heterocycles. The van der Waals surface area contributed by atoms with Crippen LogP contribution in [0.3, 0.4) is 0 Å². The fraction of sp³-hybridized carbons (Fsp3) is 0.474. The van der Waals surface area contributed by atoms with Crippen molar-refractivity contribution >= 4 is 17.5 Å². The molecular formula is C19H26N6O. The van der Waals surface area contributed by atoms with Crippen molar-refractivity contribution < 1.29 is 4.79 Å². The third-order valence-corrected chi connectivity index (χ3v) is 4.12. The van der Waals surface area contributed by atoms with Crippen LogP contribution in [0.1, 0.15) is 37.1 Å². The standard InChI is InChI=1S/C19H26N6O/c1-14-21-15(18(26)23-19(2,3)4)13-17(22-14)25-11-9-24(10-12-25)16-7-5-6-8-20-16/h5-8,13H,9-12H2,1-4H3,(H,23,26). The Bertz CT molecular complexity index is 763. The van der Waals surface area contributed by atoms with Crippen molar-refractivity contribution in [2.75, 3.05) is 36.0 Å². The molecule has 0 radical (unpaired) electrons. The van der Waals surface area contributed by atoms with E-state index in [2.05, 4.69) is 30.1 Å². The molecular weight excluding hydrogens is 328 g/mol. The maximum absolute atomic E-state index is 12.4. The van der Waals surface area contributed by atoms with Gasteiger partial charge in [-0.05, 0) is 39.8 Å². The van der Waals surface area contributed by atoms with E-state index in [1.165, 1.54) is 0 Å². The maximum atomic E-state index is 12.4. The van der Waals surface area contributed by atoms with E-state index in [0.717, 1.165) is 37.8 Å². The highest BCUT2D eigenvalue weighted by Crippen LogP contribution is 2.18. The molecule has 0 aliphatic carbocycles. The highest BCUT2D eigenvalue weighted by molar-refractivity contribution is 5.93. The number of nitrogens with one attached hydrogen (secondary N) is 1. The van der Waals surface area contributed by atoms with Gasteiger partial charge in [-0.1, -0.05) is 6.07 Å². The number of rotatable bonds is 3. The second kappa shape index (κ2) is 7.27. The Labute approximate surface area is 154 Å². The lowest BCUT2D eigenvalue weighted by molar-refractivity contribution is 0.0914. The van der Waals surface area contributed by atoms with Crippen LogP contribution in [-0.2, 0) is 0 Å². The average Bonchev–Trinajstić information content (AvgIpc) is 2.61. The zero-order chi connectivity index (χ0) is 18.7. The molecule has 2 aromatic heterocycles. The Kier molecular flexibility index (Phi) is 5.06. The van der Waals surface area contributed by atoms with Crippen molar-refractivity contribution in [1.82, 2.24) is 20.3 Å². The third-order valence-electron chi connectivity index (χ3n) is 4.12. The van der Waals surface area contributed by atoms with Gasteiger partial charge in [0.15, 0.2) is 0 Å². The van der Waals surface area contributed by atoms with Crippen molar-refractivity contribution in [2.45, 2.75) is 33.2 Å². The topological polar surface area (TPSA) is 74.2 Å². The van der Waals surface area contributed by atoms with Gasteiger partial charge in [0.05, 0.1) is 0 Å². The summed E-state index contributed by atoms with van der Waals surface area (Å²) in [5.41, 5.74) is 0.110. The molecule has 0 unspecified atom stereocenters. The minimum Gasteiger partial charge on any atom is -0.353 e. The predicted octanol–water partition coefficient (Wildman–Crippen LogP) is 2.03. The van der Waals surface area contributed by atoms with E-state index in [0.29, 0.717) is 11.5 Å². The van der Waals surface area contributed by atoms with Crippen molar-refractivity contribution in [3.05, 3.63) is 42.0 Å². The van der Waals surface area contributed by atoms with Gasteiger partial charge in [-0.25, -0.2) is 15.0 Å². The van der Waals surface area contributed by atoms with Gasteiger partial charge in [0.1, 0.15) is 23.2 Å². The summed E-state index contributed by atoms with van der Waals surface area (Å²) >= 11 is 0. The summed E-state index contributed by atoms with van der Waals surface area (Å²) in [7, 11) is 0. The van der Waals surface area contributed by atoms with Crippen LogP contribution in [0.25, 0.3) is 0 Å². The predicted molar refractivity (Wildman–Crippen MR) is 103 cm³/mol.